The maximum absolute atomic E-state index is 12.2. The minimum atomic E-state index is -3.81. The van der Waals surface area contributed by atoms with Crippen LogP contribution in [0.2, 0.25) is 0 Å². The molecule has 12 heavy (non-hydrogen) atoms. The van der Waals surface area contributed by atoms with Crippen LogP contribution in [0.1, 0.15) is 12.8 Å². The summed E-state index contributed by atoms with van der Waals surface area (Å²) in [5.74, 6) is -2.72. The van der Waals surface area contributed by atoms with Gasteiger partial charge in [0.2, 0.25) is 0 Å². The molecule has 1 aliphatic rings. The molecular formula is C5H9F2NO3S. The third-order valence-corrected chi connectivity index (χ3v) is 2.68. The van der Waals surface area contributed by atoms with Crippen LogP contribution in [-0.4, -0.2) is 27.5 Å². The lowest BCUT2D eigenvalue weighted by Gasteiger charge is -2.34. The first-order valence-corrected chi connectivity index (χ1v) is 4.71. The predicted molar refractivity (Wildman–Crippen MR) is 37.0 cm³/mol. The average molecular weight is 201 g/mol. The smallest absolute Gasteiger partial charge is 0.261 e. The summed E-state index contributed by atoms with van der Waals surface area (Å²) in [6.45, 7) is 0. The Labute approximate surface area is 69.2 Å². The first-order chi connectivity index (χ1) is 5.35. The minimum Gasteiger partial charge on any atom is -0.261 e. The zero-order valence-electron chi connectivity index (χ0n) is 6.38. The molecule has 0 saturated heterocycles. The molecule has 0 aromatic rings. The summed E-state index contributed by atoms with van der Waals surface area (Å²) in [6, 6.07) is -0.690. The maximum Gasteiger partial charge on any atom is 0.335 e. The lowest BCUT2D eigenvalue weighted by atomic mass is 9.89. The number of rotatable bonds is 3. The highest BCUT2D eigenvalue weighted by Crippen LogP contribution is 2.37. The molecule has 0 bridgehead atoms. The molecule has 1 N–H and O–H groups in total. The van der Waals surface area contributed by atoms with Crippen LogP contribution in [0.25, 0.3) is 0 Å². The Bertz CT molecular complexity index is 256. The minimum absolute atomic E-state index is 0.449. The van der Waals surface area contributed by atoms with Crippen LogP contribution in [0.5, 0.6) is 0 Å². The van der Waals surface area contributed by atoms with Crippen molar-refractivity contribution in [1.82, 2.24) is 4.72 Å². The first kappa shape index (κ1) is 9.82. The quantitative estimate of drug-likeness (QED) is 0.712. The molecule has 1 aliphatic carbocycles. The molecule has 1 fully saturated rings. The van der Waals surface area contributed by atoms with Crippen LogP contribution >= 0.6 is 0 Å². The maximum atomic E-state index is 12.2. The lowest BCUT2D eigenvalue weighted by Crippen LogP contribution is -2.50. The van der Waals surface area contributed by atoms with Gasteiger partial charge in [-0.25, -0.2) is 8.78 Å². The molecule has 0 aromatic heterocycles. The monoisotopic (exact) mass is 201 g/mol. The summed E-state index contributed by atoms with van der Waals surface area (Å²) < 4.78 is 51.7. The fourth-order valence-electron chi connectivity index (χ4n) is 0.997. The molecule has 0 radical (unpaired) electrons. The van der Waals surface area contributed by atoms with Crippen molar-refractivity contribution in [2.75, 3.05) is 7.11 Å². The van der Waals surface area contributed by atoms with E-state index in [9.17, 15) is 17.2 Å². The van der Waals surface area contributed by atoms with Gasteiger partial charge >= 0.3 is 10.3 Å². The Balaban J connectivity index is 2.38. The van der Waals surface area contributed by atoms with Gasteiger partial charge in [-0.3, -0.25) is 4.18 Å². The summed E-state index contributed by atoms with van der Waals surface area (Å²) in [6.07, 6.45) is -0.898. The molecule has 7 heteroatoms. The highest BCUT2D eigenvalue weighted by Gasteiger charge is 2.46. The first-order valence-electron chi connectivity index (χ1n) is 3.30. The van der Waals surface area contributed by atoms with E-state index in [0.717, 1.165) is 7.11 Å². The van der Waals surface area contributed by atoms with E-state index >= 15 is 0 Å². The van der Waals surface area contributed by atoms with Gasteiger partial charge in [-0.05, 0) is 0 Å². The summed E-state index contributed by atoms with van der Waals surface area (Å²) in [7, 11) is -2.84. The van der Waals surface area contributed by atoms with Crippen molar-refractivity contribution in [1.29, 1.82) is 0 Å². The second-order valence-corrected chi connectivity index (χ2v) is 4.18. The van der Waals surface area contributed by atoms with Crippen molar-refractivity contribution in [3.05, 3.63) is 0 Å². The molecule has 0 spiro atoms. The fourth-order valence-corrected chi connectivity index (χ4v) is 1.67. The van der Waals surface area contributed by atoms with Gasteiger partial charge in [-0.15, -0.1) is 0 Å². The van der Waals surface area contributed by atoms with Gasteiger partial charge in [0.1, 0.15) is 0 Å². The molecule has 1 saturated carbocycles. The van der Waals surface area contributed by atoms with Crippen LogP contribution < -0.4 is 4.72 Å². The molecule has 4 nitrogen and oxygen atoms in total. The standard InChI is InChI=1S/C5H9F2NO3S/c1-11-12(9,10)8-4-2-5(6,7)3-4/h4,8H,2-3H2,1H3. The van der Waals surface area contributed by atoms with E-state index in [1.165, 1.54) is 0 Å². The van der Waals surface area contributed by atoms with Gasteiger partial charge in [0.05, 0.1) is 7.11 Å². The van der Waals surface area contributed by atoms with Crippen molar-refractivity contribution < 1.29 is 21.4 Å². The number of nitrogens with one attached hydrogen (secondary N) is 1. The van der Waals surface area contributed by atoms with Gasteiger partial charge in [-0.1, -0.05) is 0 Å². The number of halogens is 2. The van der Waals surface area contributed by atoms with E-state index in [-0.39, 0.29) is 0 Å². The number of hydrogen-bond donors (Lipinski definition) is 1. The SMILES string of the molecule is COS(=O)(=O)NC1CC(F)(F)C1. The van der Waals surface area contributed by atoms with E-state index in [0.29, 0.717) is 0 Å². The van der Waals surface area contributed by atoms with E-state index in [4.69, 9.17) is 0 Å². The molecule has 0 atom stereocenters. The third-order valence-electron chi connectivity index (χ3n) is 1.62. The topological polar surface area (TPSA) is 55.4 Å². The van der Waals surface area contributed by atoms with Gasteiger partial charge < -0.3 is 0 Å². The van der Waals surface area contributed by atoms with E-state index in [2.05, 4.69) is 4.18 Å². The van der Waals surface area contributed by atoms with Crippen LogP contribution in [0.3, 0.4) is 0 Å². The molecule has 0 amide bonds. The third kappa shape index (κ3) is 2.36. The highest BCUT2D eigenvalue weighted by atomic mass is 32.2. The Kier molecular flexibility index (Phi) is 2.37. The van der Waals surface area contributed by atoms with Gasteiger partial charge in [0, 0.05) is 18.9 Å². The van der Waals surface area contributed by atoms with Crippen LogP contribution in [-0.2, 0) is 14.5 Å². The van der Waals surface area contributed by atoms with Crippen molar-refractivity contribution in [3.8, 4) is 0 Å². The lowest BCUT2D eigenvalue weighted by molar-refractivity contribution is -0.0880. The van der Waals surface area contributed by atoms with Gasteiger partial charge in [0.25, 0.3) is 5.92 Å². The zero-order chi connectivity index (χ0) is 9.41. The molecular weight excluding hydrogens is 192 g/mol. The Morgan fingerprint density at radius 1 is 1.50 bits per heavy atom. The molecule has 0 aliphatic heterocycles. The highest BCUT2D eigenvalue weighted by molar-refractivity contribution is 7.84. The van der Waals surface area contributed by atoms with Crippen molar-refractivity contribution in [2.45, 2.75) is 24.8 Å². The summed E-state index contributed by atoms with van der Waals surface area (Å²) in [5, 5.41) is 0. The van der Waals surface area contributed by atoms with Gasteiger partial charge in [0.15, 0.2) is 0 Å². The normalized spacial score (nSPS) is 23.6. The van der Waals surface area contributed by atoms with Crippen LogP contribution in [0, 0.1) is 0 Å². The summed E-state index contributed by atoms with van der Waals surface area (Å²) in [4.78, 5) is 0. The van der Waals surface area contributed by atoms with Gasteiger partial charge in [-0.2, -0.15) is 13.1 Å². The predicted octanol–water partition coefficient (Wildman–Crippen LogP) is 0.265. The van der Waals surface area contributed by atoms with E-state index in [1.54, 1.807) is 0 Å². The molecule has 0 aromatic carbocycles. The molecule has 0 heterocycles. The Morgan fingerprint density at radius 3 is 2.33 bits per heavy atom. The number of hydrogen-bond acceptors (Lipinski definition) is 3. The van der Waals surface area contributed by atoms with Crippen molar-refractivity contribution >= 4 is 10.3 Å². The molecule has 1 rings (SSSR count). The summed E-state index contributed by atoms with van der Waals surface area (Å²) in [5.41, 5.74) is 0. The Morgan fingerprint density at radius 2 is 2.00 bits per heavy atom. The van der Waals surface area contributed by atoms with Crippen molar-refractivity contribution in [3.63, 3.8) is 0 Å². The average Bonchev–Trinajstić information content (AvgIpc) is 1.83. The molecule has 0 unspecified atom stereocenters. The second kappa shape index (κ2) is 2.90. The Hall–Kier alpha value is -0.270. The second-order valence-electron chi connectivity index (χ2n) is 2.70. The van der Waals surface area contributed by atoms with Crippen LogP contribution in [0.15, 0.2) is 0 Å². The number of alkyl halides is 2. The van der Waals surface area contributed by atoms with E-state index < -0.39 is 35.1 Å². The van der Waals surface area contributed by atoms with Crippen LogP contribution in [0.4, 0.5) is 8.78 Å². The fraction of sp³-hybridized carbons (Fsp3) is 1.00. The summed E-state index contributed by atoms with van der Waals surface area (Å²) >= 11 is 0. The van der Waals surface area contributed by atoms with E-state index in [1.807, 2.05) is 4.72 Å². The van der Waals surface area contributed by atoms with Crippen molar-refractivity contribution in [2.24, 2.45) is 0 Å². The molecule has 72 valence electrons. The zero-order valence-corrected chi connectivity index (χ0v) is 7.20. The largest absolute Gasteiger partial charge is 0.335 e.